The van der Waals surface area contributed by atoms with E-state index in [1.54, 1.807) is 11.8 Å². The van der Waals surface area contributed by atoms with Crippen LogP contribution in [0.2, 0.25) is 5.02 Å². The summed E-state index contributed by atoms with van der Waals surface area (Å²) in [5.41, 5.74) is 3.55. The molecular weight excluding hydrogens is 456 g/mol. The van der Waals surface area contributed by atoms with Crippen molar-refractivity contribution >= 4 is 40.2 Å². The lowest BCUT2D eigenvalue weighted by molar-refractivity contribution is 0.0932. The molecule has 0 fully saturated rings. The van der Waals surface area contributed by atoms with E-state index in [2.05, 4.69) is 28.5 Å². The maximum Gasteiger partial charge on any atom is 0.269 e. The number of hydrogen-bond acceptors (Lipinski definition) is 4. The van der Waals surface area contributed by atoms with Gasteiger partial charge in [0.1, 0.15) is 18.9 Å². The van der Waals surface area contributed by atoms with E-state index < -0.39 is 0 Å². The number of aromatic nitrogens is 1. The number of H-pyrrole nitrogens is 1. The van der Waals surface area contributed by atoms with Gasteiger partial charge in [-0.15, -0.1) is 0 Å². The second kappa shape index (κ2) is 9.04. The normalized spacial score (nSPS) is 13.7. The van der Waals surface area contributed by atoms with Crippen LogP contribution in [0.15, 0.2) is 70.5 Å². The zero-order valence-electron chi connectivity index (χ0n) is 18.3. The molecule has 0 saturated heterocycles. The lowest BCUT2D eigenvalue weighted by atomic mass is 10.1. The summed E-state index contributed by atoms with van der Waals surface area (Å²) < 4.78 is 11.3. The van der Waals surface area contributed by atoms with E-state index in [4.69, 9.17) is 21.1 Å². The molecule has 7 heteroatoms. The van der Waals surface area contributed by atoms with Crippen molar-refractivity contribution in [3.63, 3.8) is 0 Å². The van der Waals surface area contributed by atoms with E-state index in [-0.39, 0.29) is 11.9 Å². The highest BCUT2D eigenvalue weighted by atomic mass is 35.5. The minimum absolute atomic E-state index is 0.164. The summed E-state index contributed by atoms with van der Waals surface area (Å²) >= 11 is 7.60. The summed E-state index contributed by atoms with van der Waals surface area (Å²) in [6.07, 6.45) is 0. The summed E-state index contributed by atoms with van der Waals surface area (Å²) in [4.78, 5) is 18.6. The van der Waals surface area contributed by atoms with Gasteiger partial charge in [-0.25, -0.2) is 0 Å². The van der Waals surface area contributed by atoms with Crippen LogP contribution in [-0.2, 0) is 0 Å². The molecule has 2 heterocycles. The molecule has 2 N–H and O–H groups in total. The number of carbonyl (C=O) groups is 1. The highest BCUT2D eigenvalue weighted by molar-refractivity contribution is 7.99. The molecular formula is C26H23ClN2O3S. The first-order valence-corrected chi connectivity index (χ1v) is 11.9. The van der Waals surface area contributed by atoms with Crippen LogP contribution in [0.3, 0.4) is 0 Å². The molecule has 3 aromatic carbocycles. The molecule has 0 saturated carbocycles. The molecule has 1 aliphatic heterocycles. The van der Waals surface area contributed by atoms with Crippen LogP contribution < -0.4 is 14.8 Å². The number of aromatic amines is 1. The van der Waals surface area contributed by atoms with Crippen molar-refractivity contribution in [2.75, 3.05) is 13.2 Å². The van der Waals surface area contributed by atoms with Crippen molar-refractivity contribution in [1.29, 1.82) is 0 Å². The fourth-order valence-electron chi connectivity index (χ4n) is 3.85. The Balaban J connectivity index is 1.45. The summed E-state index contributed by atoms with van der Waals surface area (Å²) in [5.74, 6) is 1.28. The first-order chi connectivity index (χ1) is 16.0. The summed E-state index contributed by atoms with van der Waals surface area (Å²) in [6.45, 7) is 5.07. The number of halogens is 1. The predicted molar refractivity (Wildman–Crippen MR) is 132 cm³/mol. The standard InChI is InChI=1S/C26H23ClN2O3S/c1-15-3-9-20-21(13-15)29-24(25(20)33-19-7-5-18(27)6-8-19)26(30)28-16(2)17-4-10-22-23(14-17)32-12-11-31-22/h3-10,13-14,16,29H,11-12H2,1-2H3,(H,28,30)/t16-/m0/s1. The molecule has 0 radical (unpaired) electrons. The SMILES string of the molecule is Cc1ccc2c(Sc3ccc(Cl)cc3)c(C(=O)N[C@@H](C)c3ccc4c(c3)OCCO4)[nH]c2c1. The Morgan fingerprint density at radius 3 is 2.58 bits per heavy atom. The molecule has 1 atom stereocenters. The summed E-state index contributed by atoms with van der Waals surface area (Å²) in [5, 5.41) is 4.82. The first kappa shape index (κ1) is 21.7. The van der Waals surface area contributed by atoms with E-state index in [9.17, 15) is 4.79 Å². The zero-order valence-corrected chi connectivity index (χ0v) is 19.8. The van der Waals surface area contributed by atoms with Gasteiger partial charge in [0.05, 0.1) is 10.9 Å². The quantitative estimate of drug-likeness (QED) is 0.341. The predicted octanol–water partition coefficient (Wildman–Crippen LogP) is 6.54. The molecule has 168 valence electrons. The Morgan fingerprint density at radius 1 is 1.03 bits per heavy atom. The minimum Gasteiger partial charge on any atom is -0.486 e. The van der Waals surface area contributed by atoms with Crippen LogP contribution in [0, 0.1) is 6.92 Å². The third-order valence-electron chi connectivity index (χ3n) is 5.58. The highest BCUT2D eigenvalue weighted by Gasteiger charge is 2.22. The number of carbonyl (C=O) groups excluding carboxylic acids is 1. The minimum atomic E-state index is -0.213. The van der Waals surface area contributed by atoms with Crippen molar-refractivity contribution in [2.24, 2.45) is 0 Å². The van der Waals surface area contributed by atoms with Gasteiger partial charge in [-0.2, -0.15) is 0 Å². The van der Waals surface area contributed by atoms with Gasteiger partial charge < -0.3 is 19.8 Å². The fourth-order valence-corrected chi connectivity index (χ4v) is 5.02. The van der Waals surface area contributed by atoms with Gasteiger partial charge in [0.2, 0.25) is 0 Å². The Morgan fingerprint density at radius 2 is 1.79 bits per heavy atom. The molecule has 1 aliphatic rings. The molecule has 0 bridgehead atoms. The fraction of sp³-hybridized carbons (Fsp3) is 0.192. The summed E-state index contributed by atoms with van der Waals surface area (Å²) in [6, 6.07) is 19.4. The van der Waals surface area contributed by atoms with Crippen molar-refractivity contribution < 1.29 is 14.3 Å². The first-order valence-electron chi connectivity index (χ1n) is 10.7. The van der Waals surface area contributed by atoms with Crippen molar-refractivity contribution in [3.05, 3.63) is 82.5 Å². The number of fused-ring (bicyclic) bond motifs is 2. The third-order valence-corrected chi connectivity index (χ3v) is 6.97. The van der Waals surface area contributed by atoms with Gasteiger partial charge in [0.15, 0.2) is 11.5 Å². The lowest BCUT2D eigenvalue weighted by Crippen LogP contribution is -2.27. The third kappa shape index (κ3) is 4.54. The Labute approximate surface area is 201 Å². The number of nitrogens with one attached hydrogen (secondary N) is 2. The van der Waals surface area contributed by atoms with Gasteiger partial charge >= 0.3 is 0 Å². The van der Waals surface area contributed by atoms with Gasteiger partial charge in [-0.1, -0.05) is 41.6 Å². The van der Waals surface area contributed by atoms with Crippen molar-refractivity contribution in [2.45, 2.75) is 29.7 Å². The maximum atomic E-state index is 13.4. The van der Waals surface area contributed by atoms with Crippen molar-refractivity contribution in [3.8, 4) is 11.5 Å². The van der Waals surface area contributed by atoms with Gasteiger partial charge in [-0.3, -0.25) is 4.79 Å². The molecule has 4 aromatic rings. The lowest BCUT2D eigenvalue weighted by Gasteiger charge is -2.21. The van der Waals surface area contributed by atoms with E-state index in [0.717, 1.165) is 37.6 Å². The Hall–Kier alpha value is -3.09. The molecule has 1 amide bonds. The van der Waals surface area contributed by atoms with E-state index in [1.165, 1.54) is 0 Å². The number of benzene rings is 3. The molecule has 1 aromatic heterocycles. The highest BCUT2D eigenvalue weighted by Crippen LogP contribution is 2.38. The van der Waals surface area contributed by atoms with E-state index in [0.29, 0.717) is 29.7 Å². The summed E-state index contributed by atoms with van der Waals surface area (Å²) in [7, 11) is 0. The van der Waals surface area contributed by atoms with E-state index in [1.807, 2.05) is 56.3 Å². The van der Waals surface area contributed by atoms with Gasteiger partial charge in [-0.05, 0) is 67.4 Å². The molecule has 0 spiro atoms. The van der Waals surface area contributed by atoms with Gasteiger partial charge in [0.25, 0.3) is 5.91 Å². The molecule has 5 rings (SSSR count). The van der Waals surface area contributed by atoms with Crippen LogP contribution in [0.5, 0.6) is 11.5 Å². The van der Waals surface area contributed by atoms with Crippen LogP contribution >= 0.6 is 23.4 Å². The molecule has 0 unspecified atom stereocenters. The number of amides is 1. The van der Waals surface area contributed by atoms with Crippen molar-refractivity contribution in [1.82, 2.24) is 10.3 Å². The topological polar surface area (TPSA) is 63.4 Å². The number of hydrogen-bond donors (Lipinski definition) is 2. The monoisotopic (exact) mass is 478 g/mol. The number of aryl methyl sites for hydroxylation is 1. The average molecular weight is 479 g/mol. The second-order valence-corrected chi connectivity index (χ2v) is 9.55. The average Bonchev–Trinajstić information content (AvgIpc) is 3.17. The maximum absolute atomic E-state index is 13.4. The Bertz CT molecular complexity index is 1330. The molecule has 0 aliphatic carbocycles. The Kier molecular flexibility index (Phi) is 5.96. The number of ether oxygens (including phenoxy) is 2. The second-order valence-electron chi connectivity index (χ2n) is 8.03. The number of rotatable bonds is 5. The van der Waals surface area contributed by atoms with Crippen LogP contribution in [0.25, 0.3) is 10.9 Å². The van der Waals surface area contributed by atoms with Crippen LogP contribution in [-0.4, -0.2) is 24.1 Å². The van der Waals surface area contributed by atoms with E-state index >= 15 is 0 Å². The largest absolute Gasteiger partial charge is 0.486 e. The zero-order chi connectivity index (χ0) is 22.9. The molecule has 5 nitrogen and oxygen atoms in total. The smallest absolute Gasteiger partial charge is 0.269 e. The van der Waals surface area contributed by atoms with Gasteiger partial charge in [0, 0.05) is 20.8 Å². The van der Waals surface area contributed by atoms with Crippen LogP contribution in [0.4, 0.5) is 0 Å². The molecule has 33 heavy (non-hydrogen) atoms. The van der Waals surface area contributed by atoms with Crippen LogP contribution in [0.1, 0.15) is 34.6 Å².